The third-order valence-corrected chi connectivity index (χ3v) is 8.52. The zero-order valence-electron chi connectivity index (χ0n) is 23.4. The van der Waals surface area contributed by atoms with Crippen LogP contribution in [0.2, 0.25) is 0 Å². The molecule has 4 heteroatoms. The first-order chi connectivity index (χ1) is 19.6. The number of allylic oxidation sites excluding steroid dienone is 4. The Morgan fingerprint density at radius 1 is 0.500 bits per heavy atom. The van der Waals surface area contributed by atoms with E-state index in [2.05, 4.69) is 86.6 Å². The molecule has 0 spiro atoms. The quantitative estimate of drug-likeness (QED) is 0.220. The average Bonchev–Trinajstić information content (AvgIpc) is 2.98. The van der Waals surface area contributed by atoms with Gasteiger partial charge in [0.05, 0.1) is 0 Å². The highest BCUT2D eigenvalue weighted by Crippen LogP contribution is 2.46. The zero-order chi connectivity index (χ0) is 27.1. The second kappa shape index (κ2) is 10.4. The lowest BCUT2D eigenvalue weighted by Crippen LogP contribution is -2.08. The molecule has 2 aliphatic carbocycles. The number of nitrogens with zero attached hydrogens (tertiary/aromatic N) is 4. The van der Waals surface area contributed by atoms with Crippen molar-refractivity contribution in [3.8, 4) is 0 Å². The van der Waals surface area contributed by atoms with E-state index in [0.717, 1.165) is 96.9 Å². The Morgan fingerprint density at radius 2 is 0.875 bits per heavy atom. The van der Waals surface area contributed by atoms with Crippen LogP contribution in [0.15, 0.2) is 105 Å². The molecule has 3 aliphatic rings. The van der Waals surface area contributed by atoms with Gasteiger partial charge in [0.15, 0.2) is 0 Å². The number of hydrogen-bond donors (Lipinski definition) is 0. The molecule has 0 unspecified atom stereocenters. The molecule has 4 aromatic carbocycles. The summed E-state index contributed by atoms with van der Waals surface area (Å²) in [7, 11) is 0. The summed E-state index contributed by atoms with van der Waals surface area (Å²) in [4.78, 5) is 10.6. The molecule has 0 saturated carbocycles. The van der Waals surface area contributed by atoms with Gasteiger partial charge >= 0.3 is 0 Å². The van der Waals surface area contributed by atoms with Crippen molar-refractivity contribution in [3.05, 3.63) is 106 Å². The number of fused-ring (bicyclic) bond motifs is 4. The lowest BCUT2D eigenvalue weighted by molar-refractivity contribution is 0.694. The molecule has 7 rings (SSSR count). The van der Waals surface area contributed by atoms with Crippen LogP contribution in [0.4, 0.5) is 22.7 Å². The minimum atomic E-state index is 0.934. The molecule has 0 radical (unpaired) electrons. The third-order valence-electron chi connectivity index (χ3n) is 8.52. The van der Waals surface area contributed by atoms with Gasteiger partial charge in [-0.1, -0.05) is 73.5 Å². The number of rotatable bonds is 0. The van der Waals surface area contributed by atoms with Gasteiger partial charge in [0, 0.05) is 22.8 Å². The van der Waals surface area contributed by atoms with Crippen LogP contribution in [0.3, 0.4) is 0 Å². The summed E-state index contributed by atoms with van der Waals surface area (Å²) in [6, 6.07) is 25.9. The highest BCUT2D eigenvalue weighted by molar-refractivity contribution is 6.06. The fourth-order valence-corrected chi connectivity index (χ4v) is 6.38. The Bertz CT molecular complexity index is 1640. The second-order valence-corrected chi connectivity index (χ2v) is 11.3. The Morgan fingerprint density at radius 3 is 1.30 bits per heavy atom. The summed E-state index contributed by atoms with van der Waals surface area (Å²) in [5.74, 6) is 0. The second-order valence-electron chi connectivity index (χ2n) is 11.3. The Balaban J connectivity index is 1.49. The Kier molecular flexibility index (Phi) is 6.47. The third kappa shape index (κ3) is 4.72. The first-order valence-corrected chi connectivity index (χ1v) is 14.7. The molecule has 1 aliphatic heterocycles. The number of benzene rings is 4. The first-order valence-electron chi connectivity index (χ1n) is 14.7. The van der Waals surface area contributed by atoms with E-state index < -0.39 is 0 Å². The van der Waals surface area contributed by atoms with Gasteiger partial charge in [0.25, 0.3) is 0 Å². The molecular weight excluding hydrogens is 488 g/mol. The van der Waals surface area contributed by atoms with Crippen molar-refractivity contribution in [2.75, 3.05) is 0 Å². The van der Waals surface area contributed by atoms with Crippen molar-refractivity contribution in [2.45, 2.75) is 65.2 Å². The summed E-state index contributed by atoms with van der Waals surface area (Å²) in [6.45, 7) is 4.30. The Hall–Kier alpha value is -4.18. The predicted molar refractivity (Wildman–Crippen MR) is 170 cm³/mol. The average molecular weight is 523 g/mol. The van der Waals surface area contributed by atoms with E-state index >= 15 is 0 Å². The molecule has 0 N–H and O–H groups in total. The molecule has 0 bridgehead atoms. The molecule has 1 heterocycles. The summed E-state index contributed by atoms with van der Waals surface area (Å²) in [5.41, 5.74) is 10.7. The van der Waals surface area contributed by atoms with Gasteiger partial charge in [0.1, 0.15) is 0 Å². The highest BCUT2D eigenvalue weighted by atomic mass is 15.0. The standard InChI is InChI=1S/C36H34N4/c1-23-29-15-7-9-17-31(29)39-36-22-28-14-6-4-12-26(28)20-34(36)38-24(2)30-16-8-10-18-32(30)40-35-21-27-13-5-3-11-25(27)19-33(35)37-23/h3-6,11-14,19-22H,7-10,15-18H2,1-2H3/q-2. The van der Waals surface area contributed by atoms with Gasteiger partial charge in [-0.2, -0.15) is 11.4 Å². The van der Waals surface area contributed by atoms with Gasteiger partial charge in [-0.25, -0.2) is 0 Å². The molecule has 0 fully saturated rings. The smallest absolute Gasteiger partial charge is 0.0492 e. The minimum absolute atomic E-state index is 0.934. The largest absolute Gasteiger partial charge is 0.659 e. The van der Waals surface area contributed by atoms with E-state index in [1.807, 2.05) is 0 Å². The summed E-state index contributed by atoms with van der Waals surface area (Å²) < 4.78 is 0. The van der Waals surface area contributed by atoms with Crippen LogP contribution < -0.4 is 0 Å². The Labute approximate surface area is 236 Å². The maximum absolute atomic E-state index is 5.35. The molecule has 0 aromatic heterocycles. The fourth-order valence-electron chi connectivity index (χ4n) is 6.38. The van der Waals surface area contributed by atoms with Gasteiger partial charge in [0.2, 0.25) is 0 Å². The van der Waals surface area contributed by atoms with Crippen molar-refractivity contribution in [3.63, 3.8) is 0 Å². The van der Waals surface area contributed by atoms with Crippen LogP contribution in [0, 0.1) is 0 Å². The van der Waals surface area contributed by atoms with E-state index in [-0.39, 0.29) is 0 Å². The minimum Gasteiger partial charge on any atom is -0.659 e. The fraction of sp³-hybridized carbons (Fsp3) is 0.278. The summed E-state index contributed by atoms with van der Waals surface area (Å²) >= 11 is 0. The molecular formula is C36H34N4-2. The van der Waals surface area contributed by atoms with Gasteiger partial charge in [-0.05, 0) is 97.2 Å². The lowest BCUT2D eigenvalue weighted by atomic mass is 9.92. The van der Waals surface area contributed by atoms with Crippen LogP contribution in [0.25, 0.3) is 32.2 Å². The van der Waals surface area contributed by atoms with Crippen LogP contribution in [0.1, 0.15) is 65.2 Å². The maximum atomic E-state index is 5.35. The molecule has 4 nitrogen and oxygen atoms in total. The van der Waals surface area contributed by atoms with Crippen LogP contribution in [-0.4, -0.2) is 11.4 Å². The summed E-state index contributed by atoms with van der Waals surface area (Å²) in [5, 5.41) is 15.4. The SMILES string of the molecule is CC1=Nc2cc3ccccc3cc2[N-]C2=C(CCCC2)C(C)=Nc2cc3ccccc3cc2[N-]C2=C1CCCC2. The predicted octanol–water partition coefficient (Wildman–Crippen LogP) is 11.6. The topological polar surface area (TPSA) is 52.9 Å². The van der Waals surface area contributed by atoms with E-state index in [4.69, 9.17) is 20.6 Å². The molecule has 200 valence electrons. The maximum Gasteiger partial charge on any atom is 0.0492 e. The van der Waals surface area contributed by atoms with E-state index in [0.29, 0.717) is 0 Å². The molecule has 4 aromatic rings. The first kappa shape index (κ1) is 24.8. The van der Waals surface area contributed by atoms with E-state index in [9.17, 15) is 0 Å². The van der Waals surface area contributed by atoms with Crippen molar-refractivity contribution in [1.29, 1.82) is 0 Å². The van der Waals surface area contributed by atoms with Gasteiger partial charge in [-0.15, -0.1) is 11.4 Å². The van der Waals surface area contributed by atoms with Crippen molar-refractivity contribution >= 4 is 55.7 Å². The van der Waals surface area contributed by atoms with E-state index in [1.54, 1.807) is 0 Å². The molecule has 0 atom stereocenters. The van der Waals surface area contributed by atoms with Gasteiger partial charge < -0.3 is 10.6 Å². The van der Waals surface area contributed by atoms with E-state index in [1.165, 1.54) is 32.7 Å². The number of aliphatic imine (C=N–C) groups is 2. The van der Waals surface area contributed by atoms with Crippen LogP contribution in [-0.2, 0) is 0 Å². The van der Waals surface area contributed by atoms with Crippen LogP contribution in [0.5, 0.6) is 0 Å². The van der Waals surface area contributed by atoms with Crippen molar-refractivity contribution < 1.29 is 0 Å². The molecule has 0 amide bonds. The van der Waals surface area contributed by atoms with Crippen molar-refractivity contribution in [1.82, 2.24) is 0 Å². The van der Waals surface area contributed by atoms with Crippen LogP contribution >= 0.6 is 0 Å². The normalized spacial score (nSPS) is 17.9. The monoisotopic (exact) mass is 522 g/mol. The van der Waals surface area contributed by atoms with Crippen molar-refractivity contribution in [2.24, 2.45) is 9.98 Å². The highest BCUT2D eigenvalue weighted by Gasteiger charge is 2.15. The lowest BCUT2D eigenvalue weighted by Gasteiger charge is -2.36. The number of hydrogen-bond acceptors (Lipinski definition) is 2. The molecule has 40 heavy (non-hydrogen) atoms. The zero-order valence-corrected chi connectivity index (χ0v) is 23.4. The molecule has 0 saturated heterocycles. The van der Waals surface area contributed by atoms with Gasteiger partial charge in [-0.3, -0.25) is 9.98 Å². The summed E-state index contributed by atoms with van der Waals surface area (Å²) in [6.07, 6.45) is 8.52.